The lowest BCUT2D eigenvalue weighted by atomic mass is 10.0. The highest BCUT2D eigenvalue weighted by atomic mass is 32.2. The van der Waals surface area contributed by atoms with Gasteiger partial charge in [0, 0.05) is 24.1 Å². The average molecular weight is 249 g/mol. The monoisotopic (exact) mass is 249 g/mol. The predicted molar refractivity (Wildman–Crippen MR) is 79.9 cm³/mol. The van der Waals surface area contributed by atoms with Gasteiger partial charge in [-0.2, -0.15) is 11.8 Å². The lowest BCUT2D eigenvalue weighted by molar-refractivity contribution is 0.600. The van der Waals surface area contributed by atoms with Crippen LogP contribution >= 0.6 is 11.8 Å². The summed E-state index contributed by atoms with van der Waals surface area (Å²) in [6.45, 7) is 11.3. The van der Waals surface area contributed by atoms with E-state index in [0.29, 0.717) is 6.04 Å². The zero-order chi connectivity index (χ0) is 12.7. The molecule has 2 heteroatoms. The summed E-state index contributed by atoms with van der Waals surface area (Å²) in [6, 6.07) is 7.18. The first-order valence-electron chi connectivity index (χ1n) is 6.13. The maximum absolute atomic E-state index is 3.72. The lowest BCUT2D eigenvalue weighted by Gasteiger charge is -2.15. The van der Waals surface area contributed by atoms with Gasteiger partial charge in [-0.05, 0) is 26.3 Å². The minimum atomic E-state index is 0.429. The van der Waals surface area contributed by atoms with Crippen LogP contribution in [0.5, 0.6) is 0 Å². The van der Waals surface area contributed by atoms with Crippen molar-refractivity contribution in [2.24, 2.45) is 0 Å². The van der Waals surface area contributed by atoms with Gasteiger partial charge in [-0.15, -0.1) is 6.58 Å². The van der Waals surface area contributed by atoms with Crippen LogP contribution in [0, 0.1) is 13.8 Å². The SMILES string of the molecule is C=CCSCCNC(C)c1cc(C)cc(C)c1. The molecule has 0 aromatic heterocycles. The number of rotatable bonds is 7. The largest absolute Gasteiger partial charge is 0.309 e. The van der Waals surface area contributed by atoms with E-state index in [-0.39, 0.29) is 0 Å². The Morgan fingerprint density at radius 3 is 2.53 bits per heavy atom. The van der Waals surface area contributed by atoms with Crippen molar-refractivity contribution in [3.63, 3.8) is 0 Å². The minimum absolute atomic E-state index is 0.429. The van der Waals surface area contributed by atoms with Crippen LogP contribution in [-0.2, 0) is 0 Å². The first-order chi connectivity index (χ1) is 8.13. The lowest BCUT2D eigenvalue weighted by Crippen LogP contribution is -2.21. The number of aryl methyl sites for hydroxylation is 2. The van der Waals surface area contributed by atoms with Crippen molar-refractivity contribution in [1.29, 1.82) is 0 Å². The molecule has 0 fully saturated rings. The molecule has 0 aliphatic carbocycles. The fourth-order valence-electron chi connectivity index (χ4n) is 1.89. The fraction of sp³-hybridized carbons (Fsp3) is 0.467. The fourth-order valence-corrected chi connectivity index (χ4v) is 2.49. The van der Waals surface area contributed by atoms with E-state index in [1.165, 1.54) is 16.7 Å². The van der Waals surface area contributed by atoms with Crippen molar-refractivity contribution < 1.29 is 0 Å². The molecule has 0 spiro atoms. The third kappa shape index (κ3) is 5.42. The van der Waals surface area contributed by atoms with E-state index < -0.39 is 0 Å². The second kappa shape index (κ2) is 7.57. The van der Waals surface area contributed by atoms with Crippen LogP contribution in [-0.4, -0.2) is 18.1 Å². The van der Waals surface area contributed by atoms with Gasteiger partial charge >= 0.3 is 0 Å². The Morgan fingerprint density at radius 2 is 1.94 bits per heavy atom. The van der Waals surface area contributed by atoms with Crippen LogP contribution in [0.1, 0.15) is 29.7 Å². The Bertz CT molecular complexity index is 340. The van der Waals surface area contributed by atoms with E-state index in [1.807, 2.05) is 17.8 Å². The first kappa shape index (κ1) is 14.3. The van der Waals surface area contributed by atoms with Crippen LogP contribution in [0.3, 0.4) is 0 Å². The molecule has 0 heterocycles. The molecule has 17 heavy (non-hydrogen) atoms. The molecule has 1 nitrogen and oxygen atoms in total. The summed E-state index contributed by atoms with van der Waals surface area (Å²) in [5.41, 5.74) is 4.07. The molecule has 0 saturated heterocycles. The van der Waals surface area contributed by atoms with Crippen LogP contribution in [0.25, 0.3) is 0 Å². The zero-order valence-electron chi connectivity index (χ0n) is 11.1. The quantitative estimate of drug-likeness (QED) is 0.581. The van der Waals surface area contributed by atoms with E-state index >= 15 is 0 Å². The molecule has 1 atom stereocenters. The smallest absolute Gasteiger partial charge is 0.0292 e. The maximum Gasteiger partial charge on any atom is 0.0292 e. The summed E-state index contributed by atoms with van der Waals surface area (Å²) in [5, 5.41) is 3.56. The topological polar surface area (TPSA) is 12.0 Å². The van der Waals surface area contributed by atoms with E-state index in [1.54, 1.807) is 0 Å². The van der Waals surface area contributed by atoms with E-state index in [4.69, 9.17) is 0 Å². The summed E-state index contributed by atoms with van der Waals surface area (Å²) >= 11 is 1.92. The van der Waals surface area contributed by atoms with Gasteiger partial charge in [0.2, 0.25) is 0 Å². The van der Waals surface area contributed by atoms with Crippen molar-refractivity contribution in [3.05, 3.63) is 47.5 Å². The van der Waals surface area contributed by atoms with Gasteiger partial charge in [0.05, 0.1) is 0 Å². The van der Waals surface area contributed by atoms with E-state index in [9.17, 15) is 0 Å². The van der Waals surface area contributed by atoms with Gasteiger partial charge in [-0.1, -0.05) is 35.4 Å². The Labute approximate surface area is 110 Å². The van der Waals surface area contributed by atoms with Gasteiger partial charge < -0.3 is 5.32 Å². The molecular weight excluding hydrogens is 226 g/mol. The summed E-state index contributed by atoms with van der Waals surface area (Å²) in [6.07, 6.45) is 1.96. The zero-order valence-corrected chi connectivity index (χ0v) is 11.9. The molecule has 94 valence electrons. The van der Waals surface area contributed by atoms with Crippen molar-refractivity contribution in [3.8, 4) is 0 Å². The number of hydrogen-bond acceptors (Lipinski definition) is 2. The molecule has 0 amide bonds. The summed E-state index contributed by atoms with van der Waals surface area (Å²) < 4.78 is 0. The average Bonchev–Trinajstić information content (AvgIpc) is 2.27. The highest BCUT2D eigenvalue weighted by Gasteiger charge is 2.05. The third-order valence-electron chi connectivity index (χ3n) is 2.68. The molecule has 0 radical (unpaired) electrons. The third-order valence-corrected chi connectivity index (χ3v) is 3.64. The van der Waals surface area contributed by atoms with Crippen molar-refractivity contribution in [2.45, 2.75) is 26.8 Å². The van der Waals surface area contributed by atoms with Gasteiger partial charge in [-0.3, -0.25) is 0 Å². The molecule has 0 aliphatic rings. The molecule has 0 saturated carbocycles. The standard InChI is InChI=1S/C15H23NS/c1-5-7-17-8-6-16-14(4)15-10-12(2)9-13(3)11-15/h5,9-11,14,16H,1,6-8H2,2-4H3. The molecular formula is C15H23NS. The second-order valence-electron chi connectivity index (χ2n) is 4.46. The van der Waals surface area contributed by atoms with Crippen LogP contribution in [0.2, 0.25) is 0 Å². The van der Waals surface area contributed by atoms with Crippen LogP contribution < -0.4 is 5.32 Å². The molecule has 0 aliphatic heterocycles. The normalized spacial score (nSPS) is 12.4. The molecule has 1 rings (SSSR count). The Balaban J connectivity index is 2.40. The van der Waals surface area contributed by atoms with E-state index in [0.717, 1.165) is 18.1 Å². The predicted octanol–water partition coefficient (Wildman–Crippen LogP) is 3.87. The molecule has 1 aromatic rings. The molecule has 1 unspecified atom stereocenters. The molecule has 0 bridgehead atoms. The number of thioether (sulfide) groups is 1. The maximum atomic E-state index is 3.72. The van der Waals surface area contributed by atoms with Crippen molar-refractivity contribution in [2.75, 3.05) is 18.1 Å². The van der Waals surface area contributed by atoms with Crippen LogP contribution in [0.4, 0.5) is 0 Å². The first-order valence-corrected chi connectivity index (χ1v) is 7.29. The van der Waals surface area contributed by atoms with Crippen LogP contribution in [0.15, 0.2) is 30.9 Å². The van der Waals surface area contributed by atoms with Gasteiger partial charge in [0.25, 0.3) is 0 Å². The second-order valence-corrected chi connectivity index (χ2v) is 5.61. The van der Waals surface area contributed by atoms with Gasteiger partial charge in [-0.25, -0.2) is 0 Å². The Kier molecular flexibility index (Phi) is 6.38. The summed E-state index contributed by atoms with van der Waals surface area (Å²) in [5.74, 6) is 2.18. The van der Waals surface area contributed by atoms with Crippen molar-refractivity contribution in [1.82, 2.24) is 5.32 Å². The number of nitrogens with one attached hydrogen (secondary N) is 1. The number of benzene rings is 1. The molecule has 1 aromatic carbocycles. The number of hydrogen-bond donors (Lipinski definition) is 1. The highest BCUT2D eigenvalue weighted by molar-refractivity contribution is 7.99. The van der Waals surface area contributed by atoms with Gasteiger partial charge in [0.1, 0.15) is 0 Å². The highest BCUT2D eigenvalue weighted by Crippen LogP contribution is 2.16. The van der Waals surface area contributed by atoms with Gasteiger partial charge in [0.15, 0.2) is 0 Å². The molecule has 1 N–H and O–H groups in total. The Hall–Kier alpha value is -0.730. The minimum Gasteiger partial charge on any atom is -0.309 e. The summed E-state index contributed by atoms with van der Waals surface area (Å²) in [7, 11) is 0. The van der Waals surface area contributed by atoms with E-state index in [2.05, 4.69) is 50.9 Å². The Morgan fingerprint density at radius 1 is 1.29 bits per heavy atom. The van der Waals surface area contributed by atoms with Crippen molar-refractivity contribution >= 4 is 11.8 Å². The summed E-state index contributed by atoms with van der Waals surface area (Å²) in [4.78, 5) is 0.